The Bertz CT molecular complexity index is 709. The number of benzene rings is 1. The average Bonchev–Trinajstić information content (AvgIpc) is 2.88. The summed E-state index contributed by atoms with van der Waals surface area (Å²) in [5.74, 6) is -0.180. The molecule has 2 aromatic heterocycles. The number of hydrogen-bond acceptors (Lipinski definition) is 3. The van der Waals surface area contributed by atoms with Gasteiger partial charge < -0.3 is 5.32 Å². The fourth-order valence-electron chi connectivity index (χ4n) is 2.30. The first-order chi connectivity index (χ1) is 9.76. The summed E-state index contributed by atoms with van der Waals surface area (Å²) < 4.78 is 14.3. The second-order valence-electron chi connectivity index (χ2n) is 4.73. The fourth-order valence-corrected chi connectivity index (χ4v) is 3.50. The van der Waals surface area contributed by atoms with E-state index < -0.39 is 0 Å². The van der Waals surface area contributed by atoms with E-state index in [1.165, 1.54) is 16.5 Å². The zero-order valence-electron chi connectivity index (χ0n) is 11.1. The summed E-state index contributed by atoms with van der Waals surface area (Å²) in [6, 6.07) is 11.4. The van der Waals surface area contributed by atoms with E-state index >= 15 is 0 Å². The van der Waals surface area contributed by atoms with Crippen molar-refractivity contribution < 1.29 is 4.39 Å². The maximum absolute atomic E-state index is 13.3. The molecule has 0 fully saturated rings. The second-order valence-corrected chi connectivity index (χ2v) is 5.85. The lowest BCUT2D eigenvalue weighted by atomic mass is 10.1. The molecule has 1 N–H and O–H groups in total. The molecule has 102 valence electrons. The van der Waals surface area contributed by atoms with Gasteiger partial charge in [-0.05, 0) is 54.8 Å². The molecule has 4 heteroatoms. The van der Waals surface area contributed by atoms with Gasteiger partial charge in [0.05, 0.1) is 0 Å². The smallest absolute Gasteiger partial charge is 0.124 e. The SMILES string of the molecule is CNC(Cc1ccncc1)c1cc2ccc(F)cc2s1. The van der Waals surface area contributed by atoms with Gasteiger partial charge in [-0.1, -0.05) is 6.07 Å². The highest BCUT2D eigenvalue weighted by molar-refractivity contribution is 7.19. The summed E-state index contributed by atoms with van der Waals surface area (Å²) in [6.07, 6.45) is 4.51. The normalized spacial score (nSPS) is 12.7. The van der Waals surface area contributed by atoms with E-state index in [9.17, 15) is 4.39 Å². The van der Waals surface area contributed by atoms with Crippen LogP contribution in [0.1, 0.15) is 16.5 Å². The highest BCUT2D eigenvalue weighted by Crippen LogP contribution is 2.31. The molecule has 2 heterocycles. The van der Waals surface area contributed by atoms with Crippen LogP contribution >= 0.6 is 11.3 Å². The largest absolute Gasteiger partial charge is 0.312 e. The Kier molecular flexibility index (Phi) is 3.76. The third kappa shape index (κ3) is 2.71. The molecule has 0 saturated heterocycles. The van der Waals surface area contributed by atoms with Crippen LogP contribution in [0.25, 0.3) is 10.1 Å². The van der Waals surface area contributed by atoms with Crippen LogP contribution < -0.4 is 5.32 Å². The monoisotopic (exact) mass is 286 g/mol. The lowest BCUT2D eigenvalue weighted by molar-refractivity contribution is 0.602. The zero-order valence-corrected chi connectivity index (χ0v) is 12.0. The molecule has 3 aromatic rings. The van der Waals surface area contributed by atoms with Crippen LogP contribution in [0.15, 0.2) is 48.8 Å². The summed E-state index contributed by atoms with van der Waals surface area (Å²) in [6.45, 7) is 0. The van der Waals surface area contributed by atoms with Crippen LogP contribution in [0.5, 0.6) is 0 Å². The number of likely N-dealkylation sites (N-methyl/N-ethyl adjacent to an activating group) is 1. The molecule has 0 amide bonds. The predicted octanol–water partition coefficient (Wildman–Crippen LogP) is 3.94. The molecule has 0 bridgehead atoms. The Morgan fingerprint density at radius 3 is 2.75 bits per heavy atom. The van der Waals surface area contributed by atoms with Crippen LogP contribution in [0, 0.1) is 5.82 Å². The van der Waals surface area contributed by atoms with Crippen LogP contribution in [0.2, 0.25) is 0 Å². The van der Waals surface area contributed by atoms with E-state index in [0.29, 0.717) is 0 Å². The Morgan fingerprint density at radius 1 is 1.20 bits per heavy atom. The summed E-state index contributed by atoms with van der Waals surface area (Å²) in [4.78, 5) is 5.26. The van der Waals surface area contributed by atoms with Crippen LogP contribution in [0.4, 0.5) is 4.39 Å². The molecule has 1 atom stereocenters. The molecule has 0 saturated carbocycles. The van der Waals surface area contributed by atoms with Gasteiger partial charge in [0.15, 0.2) is 0 Å². The van der Waals surface area contributed by atoms with Gasteiger partial charge in [0.1, 0.15) is 5.82 Å². The minimum absolute atomic E-state index is 0.180. The average molecular weight is 286 g/mol. The summed E-state index contributed by atoms with van der Waals surface area (Å²) in [5.41, 5.74) is 1.24. The number of fused-ring (bicyclic) bond motifs is 1. The van der Waals surface area contributed by atoms with Crippen molar-refractivity contribution >= 4 is 21.4 Å². The number of nitrogens with one attached hydrogen (secondary N) is 1. The number of halogens is 1. The first kappa shape index (κ1) is 13.2. The van der Waals surface area contributed by atoms with Crippen molar-refractivity contribution in [2.45, 2.75) is 12.5 Å². The van der Waals surface area contributed by atoms with Gasteiger partial charge in [-0.3, -0.25) is 4.98 Å². The van der Waals surface area contributed by atoms with E-state index in [4.69, 9.17) is 0 Å². The third-order valence-corrected chi connectivity index (χ3v) is 4.59. The van der Waals surface area contributed by atoms with Gasteiger partial charge in [0, 0.05) is 28.0 Å². The first-order valence-corrected chi connectivity index (χ1v) is 7.33. The second kappa shape index (κ2) is 5.69. The molecule has 20 heavy (non-hydrogen) atoms. The molecular weight excluding hydrogens is 271 g/mol. The maximum atomic E-state index is 13.3. The minimum Gasteiger partial charge on any atom is -0.312 e. The predicted molar refractivity (Wildman–Crippen MR) is 81.5 cm³/mol. The van der Waals surface area contributed by atoms with Crippen molar-refractivity contribution in [1.29, 1.82) is 0 Å². The molecular formula is C16H15FN2S. The lowest BCUT2D eigenvalue weighted by Crippen LogP contribution is -2.17. The Balaban J connectivity index is 1.91. The summed E-state index contributed by atoms with van der Waals surface area (Å²) in [7, 11) is 1.96. The molecule has 0 radical (unpaired) electrons. The zero-order chi connectivity index (χ0) is 13.9. The van der Waals surface area contributed by atoms with Gasteiger partial charge in [0.25, 0.3) is 0 Å². The lowest BCUT2D eigenvalue weighted by Gasteiger charge is -2.14. The van der Waals surface area contributed by atoms with Crippen LogP contribution in [-0.2, 0) is 6.42 Å². The van der Waals surface area contributed by atoms with E-state index in [0.717, 1.165) is 16.5 Å². The van der Waals surface area contributed by atoms with Gasteiger partial charge in [-0.2, -0.15) is 0 Å². The number of aromatic nitrogens is 1. The Morgan fingerprint density at radius 2 is 2.00 bits per heavy atom. The van der Waals surface area contributed by atoms with Gasteiger partial charge >= 0.3 is 0 Å². The number of nitrogens with zero attached hydrogens (tertiary/aromatic N) is 1. The van der Waals surface area contributed by atoms with Gasteiger partial charge in [-0.15, -0.1) is 11.3 Å². The minimum atomic E-state index is -0.180. The molecule has 0 aliphatic rings. The molecule has 0 spiro atoms. The van der Waals surface area contributed by atoms with Crippen LogP contribution in [-0.4, -0.2) is 12.0 Å². The summed E-state index contributed by atoms with van der Waals surface area (Å²) in [5, 5.41) is 4.44. The molecule has 3 rings (SSSR count). The van der Waals surface area contributed by atoms with Crippen molar-refractivity contribution in [2.75, 3.05) is 7.05 Å². The molecule has 1 unspecified atom stereocenters. The quantitative estimate of drug-likeness (QED) is 0.786. The standard InChI is InChI=1S/C16H15FN2S/c1-18-14(8-11-4-6-19-7-5-11)16-9-12-2-3-13(17)10-15(12)20-16/h2-7,9-10,14,18H,8H2,1H3. The topological polar surface area (TPSA) is 24.9 Å². The number of rotatable bonds is 4. The van der Waals surface area contributed by atoms with E-state index in [2.05, 4.69) is 16.4 Å². The Hall–Kier alpha value is -1.78. The van der Waals surface area contributed by atoms with Crippen molar-refractivity contribution in [3.8, 4) is 0 Å². The van der Waals surface area contributed by atoms with E-state index in [1.807, 2.05) is 37.6 Å². The number of hydrogen-bond donors (Lipinski definition) is 1. The van der Waals surface area contributed by atoms with E-state index in [-0.39, 0.29) is 11.9 Å². The number of pyridine rings is 1. The fraction of sp³-hybridized carbons (Fsp3) is 0.188. The van der Waals surface area contributed by atoms with Gasteiger partial charge in [-0.25, -0.2) is 4.39 Å². The van der Waals surface area contributed by atoms with Gasteiger partial charge in [0.2, 0.25) is 0 Å². The highest BCUT2D eigenvalue weighted by Gasteiger charge is 2.13. The maximum Gasteiger partial charge on any atom is 0.124 e. The van der Waals surface area contributed by atoms with Crippen molar-refractivity contribution in [3.05, 3.63) is 65.0 Å². The number of thiophene rings is 1. The Labute approximate surface area is 121 Å². The highest BCUT2D eigenvalue weighted by atomic mass is 32.1. The molecule has 1 aromatic carbocycles. The van der Waals surface area contributed by atoms with Crippen molar-refractivity contribution in [1.82, 2.24) is 10.3 Å². The third-order valence-electron chi connectivity index (χ3n) is 3.38. The van der Waals surface area contributed by atoms with E-state index in [1.54, 1.807) is 17.4 Å². The molecule has 0 aliphatic carbocycles. The van der Waals surface area contributed by atoms with Crippen molar-refractivity contribution in [3.63, 3.8) is 0 Å². The first-order valence-electron chi connectivity index (χ1n) is 6.51. The van der Waals surface area contributed by atoms with Crippen molar-refractivity contribution in [2.24, 2.45) is 0 Å². The molecule has 2 nitrogen and oxygen atoms in total. The molecule has 0 aliphatic heterocycles. The summed E-state index contributed by atoms with van der Waals surface area (Å²) >= 11 is 1.65. The van der Waals surface area contributed by atoms with Crippen LogP contribution in [0.3, 0.4) is 0 Å².